The van der Waals surface area contributed by atoms with Gasteiger partial charge >= 0.3 is 0 Å². The molecule has 1 unspecified atom stereocenters. The first kappa shape index (κ1) is 18.3. The molecule has 0 saturated heterocycles. The third kappa shape index (κ3) is 2.81. The molecule has 6 heteroatoms. The zero-order valence-electron chi connectivity index (χ0n) is 16.4. The summed E-state index contributed by atoms with van der Waals surface area (Å²) < 4.78 is 1.52. The summed E-state index contributed by atoms with van der Waals surface area (Å²) in [6.07, 6.45) is 0.203. The van der Waals surface area contributed by atoms with Crippen LogP contribution in [-0.2, 0) is 5.60 Å². The minimum atomic E-state index is -1.45. The van der Waals surface area contributed by atoms with Crippen LogP contribution in [-0.4, -0.2) is 20.4 Å². The minimum Gasteiger partial charge on any atom is -0.377 e. The van der Waals surface area contributed by atoms with Crippen LogP contribution >= 0.6 is 0 Å². The predicted octanol–water partition coefficient (Wildman–Crippen LogP) is 3.81. The molecule has 2 heterocycles. The van der Waals surface area contributed by atoms with Crippen molar-refractivity contribution < 1.29 is 5.11 Å². The lowest BCUT2D eigenvalue weighted by atomic mass is 9.89. The van der Waals surface area contributed by atoms with Gasteiger partial charge in [-0.05, 0) is 37.3 Å². The molecule has 0 radical (unpaired) electrons. The number of fused-ring (bicyclic) bond motifs is 4. The Morgan fingerprint density at radius 2 is 1.73 bits per heavy atom. The standard InChI is InChI=1S/C24H20N4O2/c1-16(26-27-17-9-3-2-4-10-17)15-24(30)19-12-6-8-14-21(19)28-22(29)18-11-5-7-13-20(18)25-23(24)28/h2-14,27,30H,15H2,1H3. The van der Waals surface area contributed by atoms with Gasteiger partial charge in [0.2, 0.25) is 0 Å². The second-order valence-electron chi connectivity index (χ2n) is 7.47. The van der Waals surface area contributed by atoms with Crippen LogP contribution in [0, 0.1) is 0 Å². The summed E-state index contributed by atoms with van der Waals surface area (Å²) >= 11 is 0. The lowest BCUT2D eigenvalue weighted by molar-refractivity contribution is 0.0850. The zero-order valence-corrected chi connectivity index (χ0v) is 16.4. The van der Waals surface area contributed by atoms with E-state index in [-0.39, 0.29) is 12.0 Å². The fraction of sp³-hybridized carbons (Fsp3) is 0.125. The van der Waals surface area contributed by atoms with Crippen molar-refractivity contribution in [2.24, 2.45) is 5.10 Å². The molecular formula is C24H20N4O2. The molecule has 1 aliphatic rings. The molecule has 148 valence electrons. The maximum atomic E-state index is 13.2. The predicted molar refractivity (Wildman–Crippen MR) is 118 cm³/mol. The van der Waals surface area contributed by atoms with Crippen LogP contribution < -0.4 is 11.0 Å². The van der Waals surface area contributed by atoms with Gasteiger partial charge in [0, 0.05) is 17.7 Å². The fourth-order valence-corrected chi connectivity index (χ4v) is 4.03. The van der Waals surface area contributed by atoms with Crippen molar-refractivity contribution in [3.63, 3.8) is 0 Å². The van der Waals surface area contributed by atoms with Crippen molar-refractivity contribution >= 4 is 22.3 Å². The first-order valence-corrected chi connectivity index (χ1v) is 9.77. The van der Waals surface area contributed by atoms with E-state index in [1.165, 1.54) is 4.57 Å². The molecule has 6 nitrogen and oxygen atoms in total. The first-order valence-electron chi connectivity index (χ1n) is 9.77. The molecule has 0 saturated carbocycles. The molecule has 0 fully saturated rings. The Kier molecular flexibility index (Phi) is 4.22. The van der Waals surface area contributed by atoms with Crippen molar-refractivity contribution in [2.75, 3.05) is 5.43 Å². The van der Waals surface area contributed by atoms with Crippen LogP contribution in [0.2, 0.25) is 0 Å². The maximum Gasteiger partial charge on any atom is 0.266 e. The van der Waals surface area contributed by atoms with Gasteiger partial charge in [-0.2, -0.15) is 5.10 Å². The van der Waals surface area contributed by atoms with Crippen LogP contribution in [0.5, 0.6) is 0 Å². The second kappa shape index (κ2) is 6.93. The number of aliphatic hydroxyl groups is 1. The number of hydrogen-bond acceptors (Lipinski definition) is 5. The van der Waals surface area contributed by atoms with E-state index in [9.17, 15) is 9.90 Å². The molecule has 30 heavy (non-hydrogen) atoms. The van der Waals surface area contributed by atoms with Crippen LogP contribution in [0.1, 0.15) is 24.7 Å². The second-order valence-corrected chi connectivity index (χ2v) is 7.47. The number of para-hydroxylation sites is 3. The highest BCUT2D eigenvalue weighted by Crippen LogP contribution is 2.42. The Labute approximate surface area is 173 Å². The Hall–Kier alpha value is -3.77. The Morgan fingerprint density at radius 3 is 2.57 bits per heavy atom. The average Bonchev–Trinajstić information content (AvgIpc) is 3.02. The van der Waals surface area contributed by atoms with Gasteiger partial charge in [-0.3, -0.25) is 14.8 Å². The molecule has 3 aromatic carbocycles. The Morgan fingerprint density at radius 1 is 1.03 bits per heavy atom. The van der Waals surface area contributed by atoms with Gasteiger partial charge in [0.05, 0.1) is 22.3 Å². The van der Waals surface area contributed by atoms with Gasteiger partial charge in [-0.1, -0.05) is 48.5 Å². The summed E-state index contributed by atoms with van der Waals surface area (Å²) in [5.41, 5.74) is 4.79. The molecule has 0 spiro atoms. The third-order valence-corrected chi connectivity index (χ3v) is 5.40. The fourth-order valence-electron chi connectivity index (χ4n) is 4.03. The van der Waals surface area contributed by atoms with E-state index >= 15 is 0 Å². The van der Waals surface area contributed by atoms with Gasteiger partial charge in [0.15, 0.2) is 11.4 Å². The van der Waals surface area contributed by atoms with Crippen LogP contribution in [0.4, 0.5) is 5.69 Å². The summed E-state index contributed by atoms with van der Waals surface area (Å²) in [7, 11) is 0. The van der Waals surface area contributed by atoms with Gasteiger partial charge in [-0.25, -0.2) is 4.98 Å². The summed E-state index contributed by atoms with van der Waals surface area (Å²) in [4.78, 5) is 17.9. The minimum absolute atomic E-state index is 0.184. The van der Waals surface area contributed by atoms with Crippen molar-refractivity contribution in [3.8, 4) is 5.69 Å². The number of anilines is 1. The number of rotatable bonds is 4. The van der Waals surface area contributed by atoms with Gasteiger partial charge in [0.25, 0.3) is 5.56 Å². The molecular weight excluding hydrogens is 376 g/mol. The highest BCUT2D eigenvalue weighted by atomic mass is 16.3. The molecule has 2 N–H and O–H groups in total. The van der Waals surface area contributed by atoms with Crippen LogP contribution in [0.3, 0.4) is 0 Å². The number of nitrogens with one attached hydrogen (secondary N) is 1. The lowest BCUT2D eigenvalue weighted by Crippen LogP contribution is -2.32. The highest BCUT2D eigenvalue weighted by Gasteiger charge is 2.45. The van der Waals surface area contributed by atoms with Crippen molar-refractivity contribution in [1.29, 1.82) is 0 Å². The number of nitrogens with zero attached hydrogens (tertiary/aromatic N) is 3. The van der Waals surface area contributed by atoms with Gasteiger partial charge in [0.1, 0.15) is 0 Å². The van der Waals surface area contributed by atoms with E-state index in [0.29, 0.717) is 33.7 Å². The smallest absolute Gasteiger partial charge is 0.266 e. The van der Waals surface area contributed by atoms with Gasteiger partial charge in [-0.15, -0.1) is 0 Å². The number of aromatic nitrogens is 2. The van der Waals surface area contributed by atoms with E-state index in [1.807, 2.05) is 73.7 Å². The van der Waals surface area contributed by atoms with Crippen molar-refractivity contribution in [1.82, 2.24) is 9.55 Å². The largest absolute Gasteiger partial charge is 0.377 e. The van der Waals surface area contributed by atoms with Crippen LogP contribution in [0.25, 0.3) is 16.6 Å². The number of benzene rings is 3. The molecule has 0 bridgehead atoms. The quantitative estimate of drug-likeness (QED) is 0.406. The normalized spacial score (nSPS) is 17.6. The highest BCUT2D eigenvalue weighted by molar-refractivity contribution is 5.85. The Balaban J connectivity index is 1.63. The monoisotopic (exact) mass is 396 g/mol. The molecule has 1 atom stereocenters. The maximum absolute atomic E-state index is 13.2. The van der Waals surface area contributed by atoms with Crippen molar-refractivity contribution in [3.05, 3.63) is 101 Å². The lowest BCUT2D eigenvalue weighted by Gasteiger charge is -2.23. The topological polar surface area (TPSA) is 79.5 Å². The van der Waals surface area contributed by atoms with Crippen LogP contribution in [0.15, 0.2) is 88.8 Å². The number of hydrogen-bond donors (Lipinski definition) is 2. The van der Waals surface area contributed by atoms with Gasteiger partial charge < -0.3 is 5.11 Å². The Bertz CT molecular complexity index is 1340. The van der Waals surface area contributed by atoms with E-state index in [2.05, 4.69) is 10.5 Å². The summed E-state index contributed by atoms with van der Waals surface area (Å²) in [6, 6.07) is 24.2. The van der Waals surface area contributed by atoms with Crippen molar-refractivity contribution in [2.45, 2.75) is 18.9 Å². The molecule has 1 aliphatic heterocycles. The third-order valence-electron chi connectivity index (χ3n) is 5.40. The van der Waals surface area contributed by atoms with E-state index in [4.69, 9.17) is 4.98 Å². The summed E-state index contributed by atoms with van der Waals surface area (Å²) in [5.74, 6) is 0.321. The zero-order chi connectivity index (χ0) is 20.7. The van der Waals surface area contributed by atoms with E-state index < -0.39 is 5.60 Å². The molecule has 5 rings (SSSR count). The van der Waals surface area contributed by atoms with E-state index in [1.54, 1.807) is 12.1 Å². The molecule has 0 amide bonds. The first-order chi connectivity index (χ1) is 14.6. The van der Waals surface area contributed by atoms with E-state index in [0.717, 1.165) is 5.69 Å². The SMILES string of the molecule is CC(CC1(O)c2ccccc2-n2c1nc1ccccc1c2=O)=NNc1ccccc1. The molecule has 4 aromatic rings. The summed E-state index contributed by atoms with van der Waals surface area (Å²) in [5, 5.41) is 16.8. The summed E-state index contributed by atoms with van der Waals surface area (Å²) in [6.45, 7) is 1.85. The number of hydrazone groups is 1. The molecule has 1 aromatic heterocycles. The molecule has 0 aliphatic carbocycles. The average molecular weight is 396 g/mol.